The van der Waals surface area contributed by atoms with E-state index in [0.717, 1.165) is 17.7 Å². The van der Waals surface area contributed by atoms with Crippen molar-refractivity contribution >= 4 is 17.4 Å². The largest absolute Gasteiger partial charge is 0.346 e. The molecule has 1 aliphatic rings. The molecule has 33 heavy (non-hydrogen) atoms. The third kappa shape index (κ3) is 4.54. The molecule has 0 saturated heterocycles. The van der Waals surface area contributed by atoms with E-state index in [0.29, 0.717) is 17.9 Å². The van der Waals surface area contributed by atoms with Gasteiger partial charge in [0.1, 0.15) is 23.0 Å². The summed E-state index contributed by atoms with van der Waals surface area (Å²) in [6.07, 6.45) is 3.37. The minimum absolute atomic E-state index is 0.129. The molecule has 5 rings (SSSR count). The maximum atomic E-state index is 14.3. The molecule has 168 valence electrons. The fourth-order valence-corrected chi connectivity index (χ4v) is 3.37. The first-order chi connectivity index (χ1) is 16.1. The molecule has 0 bridgehead atoms. The second kappa shape index (κ2) is 9.51. The molecular formula is C23H21F2N7O. The third-order valence-corrected chi connectivity index (χ3v) is 4.85. The van der Waals surface area contributed by atoms with Crippen molar-refractivity contribution in [3.05, 3.63) is 83.3 Å². The molecule has 1 amide bonds. The van der Waals surface area contributed by atoms with Crippen molar-refractivity contribution in [1.82, 2.24) is 30.3 Å². The molecule has 0 saturated carbocycles. The number of anilines is 2. The highest BCUT2D eigenvalue weighted by Crippen LogP contribution is 2.30. The molecule has 3 heterocycles. The van der Waals surface area contributed by atoms with E-state index < -0.39 is 11.6 Å². The molecule has 2 aromatic carbocycles. The first-order valence-corrected chi connectivity index (χ1v) is 10.4. The first kappa shape index (κ1) is 22.0. The van der Waals surface area contributed by atoms with E-state index >= 15 is 0 Å². The third-order valence-electron chi connectivity index (χ3n) is 4.85. The van der Waals surface area contributed by atoms with Crippen molar-refractivity contribution in [3.63, 3.8) is 0 Å². The normalized spacial score (nSPS) is 11.9. The summed E-state index contributed by atoms with van der Waals surface area (Å²) in [6, 6.07) is 11.0. The van der Waals surface area contributed by atoms with Crippen molar-refractivity contribution in [2.45, 2.75) is 26.9 Å². The molecule has 0 spiro atoms. The Kier molecular flexibility index (Phi) is 6.34. The van der Waals surface area contributed by atoms with Crippen LogP contribution in [0.25, 0.3) is 11.4 Å². The van der Waals surface area contributed by atoms with Crippen molar-refractivity contribution < 1.29 is 13.6 Å². The average molecular weight is 449 g/mol. The quantitative estimate of drug-likeness (QED) is 0.477. The van der Waals surface area contributed by atoms with E-state index in [4.69, 9.17) is 0 Å². The molecule has 4 aromatic rings. The lowest BCUT2D eigenvalue weighted by Crippen LogP contribution is -2.14. The fourth-order valence-electron chi connectivity index (χ4n) is 3.37. The number of aromatic nitrogens is 5. The van der Waals surface area contributed by atoms with Gasteiger partial charge in [-0.1, -0.05) is 37.3 Å². The van der Waals surface area contributed by atoms with Crippen LogP contribution >= 0.6 is 0 Å². The van der Waals surface area contributed by atoms with Crippen LogP contribution in [0.3, 0.4) is 0 Å². The van der Waals surface area contributed by atoms with Gasteiger partial charge in [0.2, 0.25) is 0 Å². The standard InChI is InChI=1S/C21H15F2N7O.C2H6/c22-14-2-1-3-15(23)17(14)19-27-16-10-24-21(31)18(16)20(28-19)26-13-6-4-12(5-7-13)11-30-9-8-25-29-30;1-2/h1-9H,10-11H2,(H,24,31)(H,26,27,28);1-2H3. The van der Waals surface area contributed by atoms with E-state index in [1.165, 1.54) is 6.07 Å². The van der Waals surface area contributed by atoms with Gasteiger partial charge in [-0.15, -0.1) is 5.10 Å². The highest BCUT2D eigenvalue weighted by Gasteiger charge is 2.28. The Morgan fingerprint density at radius 3 is 2.42 bits per heavy atom. The van der Waals surface area contributed by atoms with Gasteiger partial charge in [0, 0.05) is 11.9 Å². The SMILES string of the molecule is CC.O=C1NCc2nc(-c3c(F)cccc3F)nc(Nc3ccc(Cn4ccnn4)cc3)c21. The van der Waals surface area contributed by atoms with E-state index in [-0.39, 0.29) is 35.2 Å². The summed E-state index contributed by atoms with van der Waals surface area (Å²) in [5.41, 5.74) is 1.95. The van der Waals surface area contributed by atoms with Gasteiger partial charge in [-0.3, -0.25) is 4.79 Å². The average Bonchev–Trinajstić information content (AvgIpc) is 3.46. The van der Waals surface area contributed by atoms with Gasteiger partial charge in [-0.2, -0.15) is 0 Å². The second-order valence-electron chi connectivity index (χ2n) is 6.92. The van der Waals surface area contributed by atoms with Crippen LogP contribution < -0.4 is 10.6 Å². The maximum Gasteiger partial charge on any atom is 0.257 e. The lowest BCUT2D eigenvalue weighted by atomic mass is 10.1. The van der Waals surface area contributed by atoms with Crippen LogP contribution in [-0.4, -0.2) is 30.9 Å². The lowest BCUT2D eigenvalue weighted by Gasteiger charge is -2.12. The molecule has 1 aliphatic heterocycles. The Morgan fingerprint density at radius 1 is 1.03 bits per heavy atom. The van der Waals surface area contributed by atoms with Crippen molar-refractivity contribution in [3.8, 4) is 11.4 Å². The van der Waals surface area contributed by atoms with E-state index in [1.807, 2.05) is 38.1 Å². The number of amides is 1. The lowest BCUT2D eigenvalue weighted by molar-refractivity contribution is 0.0966. The number of benzene rings is 2. The van der Waals surface area contributed by atoms with Crippen LogP contribution in [0.2, 0.25) is 0 Å². The van der Waals surface area contributed by atoms with Crippen LogP contribution in [0.15, 0.2) is 54.9 Å². The number of hydrogen-bond donors (Lipinski definition) is 2. The molecule has 2 aromatic heterocycles. The highest BCUT2D eigenvalue weighted by molar-refractivity contribution is 6.03. The molecule has 0 radical (unpaired) electrons. The summed E-state index contributed by atoms with van der Waals surface area (Å²) >= 11 is 0. The maximum absolute atomic E-state index is 14.3. The number of carbonyl (C=O) groups excluding carboxylic acids is 1. The zero-order valence-electron chi connectivity index (χ0n) is 18.0. The van der Waals surface area contributed by atoms with Gasteiger partial charge in [0.15, 0.2) is 5.82 Å². The van der Waals surface area contributed by atoms with Gasteiger partial charge in [-0.05, 0) is 29.8 Å². The summed E-state index contributed by atoms with van der Waals surface area (Å²) in [5, 5.41) is 13.4. The molecule has 0 aliphatic carbocycles. The second-order valence-corrected chi connectivity index (χ2v) is 6.92. The Hall–Kier alpha value is -4.21. The molecule has 0 unspecified atom stereocenters. The van der Waals surface area contributed by atoms with E-state index in [1.54, 1.807) is 17.1 Å². The van der Waals surface area contributed by atoms with Crippen molar-refractivity contribution in [2.75, 3.05) is 5.32 Å². The minimum Gasteiger partial charge on any atom is -0.346 e. The Balaban J connectivity index is 0.00000126. The van der Waals surface area contributed by atoms with Gasteiger partial charge >= 0.3 is 0 Å². The zero-order chi connectivity index (χ0) is 23.4. The smallest absolute Gasteiger partial charge is 0.257 e. The van der Waals surface area contributed by atoms with Crippen molar-refractivity contribution in [2.24, 2.45) is 0 Å². The summed E-state index contributed by atoms with van der Waals surface area (Å²) in [5.74, 6) is -1.85. The molecule has 0 fully saturated rings. The molecule has 0 atom stereocenters. The number of fused-ring (bicyclic) bond motifs is 1. The number of carbonyl (C=O) groups is 1. The highest BCUT2D eigenvalue weighted by atomic mass is 19.1. The van der Waals surface area contributed by atoms with Gasteiger partial charge in [0.25, 0.3) is 5.91 Å². The number of nitrogens with zero attached hydrogens (tertiary/aromatic N) is 5. The van der Waals surface area contributed by atoms with Crippen LogP contribution in [0.5, 0.6) is 0 Å². The Bertz CT molecular complexity index is 1250. The summed E-state index contributed by atoms with van der Waals surface area (Å²) in [7, 11) is 0. The summed E-state index contributed by atoms with van der Waals surface area (Å²) in [6.45, 7) is 4.72. The zero-order valence-corrected chi connectivity index (χ0v) is 18.0. The predicted octanol–water partition coefficient (Wildman–Crippen LogP) is 4.07. The monoisotopic (exact) mass is 449 g/mol. The molecule has 8 nitrogen and oxygen atoms in total. The van der Waals surface area contributed by atoms with E-state index in [2.05, 4.69) is 30.9 Å². The Morgan fingerprint density at radius 2 is 1.76 bits per heavy atom. The molecule has 10 heteroatoms. The van der Waals surface area contributed by atoms with Crippen LogP contribution in [0.4, 0.5) is 20.3 Å². The number of halogens is 2. The first-order valence-electron chi connectivity index (χ1n) is 10.4. The summed E-state index contributed by atoms with van der Waals surface area (Å²) in [4.78, 5) is 20.8. The number of rotatable bonds is 5. The topological polar surface area (TPSA) is 97.6 Å². The summed E-state index contributed by atoms with van der Waals surface area (Å²) < 4.78 is 30.3. The van der Waals surface area contributed by atoms with Crippen LogP contribution in [0, 0.1) is 11.6 Å². The predicted molar refractivity (Wildman–Crippen MR) is 119 cm³/mol. The van der Waals surface area contributed by atoms with Crippen LogP contribution in [-0.2, 0) is 13.1 Å². The Labute approximate surface area is 188 Å². The number of nitrogens with one attached hydrogen (secondary N) is 2. The van der Waals surface area contributed by atoms with E-state index in [9.17, 15) is 13.6 Å². The molecule has 2 N–H and O–H groups in total. The number of hydrogen-bond acceptors (Lipinski definition) is 6. The minimum atomic E-state index is -0.777. The van der Waals surface area contributed by atoms with Gasteiger partial charge in [-0.25, -0.2) is 23.4 Å². The van der Waals surface area contributed by atoms with Crippen molar-refractivity contribution in [1.29, 1.82) is 0 Å². The fraction of sp³-hybridized carbons (Fsp3) is 0.174. The van der Waals surface area contributed by atoms with Crippen LogP contribution in [0.1, 0.15) is 35.5 Å². The van der Waals surface area contributed by atoms with Gasteiger partial charge < -0.3 is 10.6 Å². The van der Waals surface area contributed by atoms with Gasteiger partial charge in [0.05, 0.1) is 30.5 Å². The molecular weight excluding hydrogens is 428 g/mol.